The number of nitrogens with zero attached hydrogens (tertiary/aromatic N) is 2. The van der Waals surface area contributed by atoms with Crippen molar-refractivity contribution in [1.82, 2.24) is 14.9 Å². The highest BCUT2D eigenvalue weighted by atomic mass is 32.2. The van der Waals surface area contributed by atoms with E-state index in [2.05, 4.69) is 14.9 Å². The first kappa shape index (κ1) is 18.6. The van der Waals surface area contributed by atoms with Crippen LogP contribution in [0, 0.1) is 0 Å². The van der Waals surface area contributed by atoms with Crippen LogP contribution in [0.3, 0.4) is 0 Å². The average Bonchev–Trinajstić information content (AvgIpc) is 3.21. The summed E-state index contributed by atoms with van der Waals surface area (Å²) in [6.45, 7) is -0.0730. The van der Waals surface area contributed by atoms with Crippen molar-refractivity contribution in [2.75, 3.05) is 7.11 Å². The molecule has 0 atom stereocenters. The van der Waals surface area contributed by atoms with Gasteiger partial charge in [-0.25, -0.2) is 13.1 Å². The number of nitrogens with one attached hydrogen (secondary N) is 1. The molecule has 0 unspecified atom stereocenters. The van der Waals surface area contributed by atoms with E-state index in [0.717, 1.165) is 31.2 Å². The maximum atomic E-state index is 12.6. The second-order valence-electron chi connectivity index (χ2n) is 6.70. The van der Waals surface area contributed by atoms with Crippen LogP contribution in [0.4, 0.5) is 0 Å². The standard InChI is InChI=1S/C20H21N3O4S/c1-26-17-8-4-7-16(11-17)20-23-22-19(27-20)13-21-28(24,25)18-10-9-14-5-2-3-6-15(14)12-18/h4,7-12,21H,2-3,5-6,13H2,1H3. The van der Waals surface area contributed by atoms with Gasteiger partial charge in [-0.15, -0.1) is 10.2 Å². The van der Waals surface area contributed by atoms with Crippen LogP contribution >= 0.6 is 0 Å². The molecule has 4 rings (SSSR count). The largest absolute Gasteiger partial charge is 0.497 e. The molecule has 1 aromatic heterocycles. The summed E-state index contributed by atoms with van der Waals surface area (Å²) in [7, 11) is -2.08. The highest BCUT2D eigenvalue weighted by Crippen LogP contribution is 2.25. The Bertz CT molecular complexity index is 1090. The molecule has 0 saturated heterocycles. The Morgan fingerprint density at radius 1 is 1.07 bits per heavy atom. The number of fused-ring (bicyclic) bond motifs is 1. The summed E-state index contributed by atoms with van der Waals surface area (Å²) >= 11 is 0. The highest BCUT2D eigenvalue weighted by Gasteiger charge is 2.19. The molecule has 0 saturated carbocycles. The Balaban J connectivity index is 1.47. The number of aromatic nitrogens is 2. The first-order valence-corrected chi connectivity index (χ1v) is 10.6. The van der Waals surface area contributed by atoms with Gasteiger partial charge in [0, 0.05) is 5.56 Å². The number of methoxy groups -OCH3 is 1. The van der Waals surface area contributed by atoms with E-state index in [0.29, 0.717) is 17.2 Å². The van der Waals surface area contributed by atoms with Crippen molar-refractivity contribution in [2.45, 2.75) is 37.1 Å². The third-order valence-electron chi connectivity index (χ3n) is 4.83. The number of sulfonamides is 1. The van der Waals surface area contributed by atoms with E-state index in [-0.39, 0.29) is 17.3 Å². The molecule has 1 aliphatic rings. The summed E-state index contributed by atoms with van der Waals surface area (Å²) < 4.78 is 38.6. The Morgan fingerprint density at radius 2 is 1.89 bits per heavy atom. The minimum absolute atomic E-state index is 0.0730. The number of ether oxygens (including phenoxy) is 1. The van der Waals surface area contributed by atoms with Crippen LogP contribution in [0.2, 0.25) is 0 Å². The summed E-state index contributed by atoms with van der Waals surface area (Å²) in [6, 6.07) is 12.6. The van der Waals surface area contributed by atoms with E-state index in [1.54, 1.807) is 25.3 Å². The van der Waals surface area contributed by atoms with Gasteiger partial charge in [0.25, 0.3) is 0 Å². The fourth-order valence-corrected chi connectivity index (χ4v) is 4.34. The van der Waals surface area contributed by atoms with Crippen LogP contribution < -0.4 is 9.46 Å². The smallest absolute Gasteiger partial charge is 0.247 e. The number of rotatable bonds is 6. The van der Waals surface area contributed by atoms with Gasteiger partial charge in [-0.2, -0.15) is 0 Å². The van der Waals surface area contributed by atoms with Gasteiger partial charge in [0.1, 0.15) is 5.75 Å². The van der Waals surface area contributed by atoms with Crippen LogP contribution in [-0.2, 0) is 29.4 Å². The molecule has 1 heterocycles. The predicted octanol–water partition coefficient (Wildman–Crippen LogP) is 3.10. The fraction of sp³-hybridized carbons (Fsp3) is 0.300. The van der Waals surface area contributed by atoms with Crippen molar-refractivity contribution in [1.29, 1.82) is 0 Å². The zero-order chi connectivity index (χ0) is 19.6. The third kappa shape index (κ3) is 3.93. The third-order valence-corrected chi connectivity index (χ3v) is 6.23. The molecule has 0 spiro atoms. The summed E-state index contributed by atoms with van der Waals surface area (Å²) in [6.07, 6.45) is 4.19. The van der Waals surface area contributed by atoms with Crippen molar-refractivity contribution in [3.63, 3.8) is 0 Å². The minimum atomic E-state index is -3.66. The minimum Gasteiger partial charge on any atom is -0.497 e. The van der Waals surface area contributed by atoms with Crippen molar-refractivity contribution >= 4 is 10.0 Å². The van der Waals surface area contributed by atoms with Gasteiger partial charge in [-0.05, 0) is 67.1 Å². The Kier molecular flexibility index (Phi) is 5.15. The van der Waals surface area contributed by atoms with E-state index in [1.807, 2.05) is 24.3 Å². The SMILES string of the molecule is COc1cccc(-c2nnc(CNS(=O)(=O)c3ccc4c(c3)CCCC4)o2)c1. The van der Waals surface area contributed by atoms with E-state index in [1.165, 1.54) is 5.56 Å². The molecule has 2 aromatic carbocycles. The zero-order valence-corrected chi connectivity index (χ0v) is 16.3. The summed E-state index contributed by atoms with van der Waals surface area (Å²) in [4.78, 5) is 0.265. The lowest BCUT2D eigenvalue weighted by Crippen LogP contribution is -2.23. The van der Waals surface area contributed by atoms with Crippen LogP contribution in [0.5, 0.6) is 5.75 Å². The molecule has 146 valence electrons. The van der Waals surface area contributed by atoms with Crippen LogP contribution in [-0.4, -0.2) is 25.7 Å². The highest BCUT2D eigenvalue weighted by molar-refractivity contribution is 7.89. The van der Waals surface area contributed by atoms with Crippen molar-refractivity contribution in [3.05, 3.63) is 59.5 Å². The summed E-state index contributed by atoms with van der Waals surface area (Å²) in [5.74, 6) is 1.17. The normalized spacial score (nSPS) is 13.9. The summed E-state index contributed by atoms with van der Waals surface area (Å²) in [5, 5.41) is 7.92. The average molecular weight is 399 g/mol. The quantitative estimate of drug-likeness (QED) is 0.684. The Hall–Kier alpha value is -2.71. The summed E-state index contributed by atoms with van der Waals surface area (Å²) in [5.41, 5.74) is 3.06. The molecule has 1 N–H and O–H groups in total. The van der Waals surface area contributed by atoms with Gasteiger partial charge in [-0.3, -0.25) is 0 Å². The molecule has 3 aromatic rings. The lowest BCUT2D eigenvalue weighted by Gasteiger charge is -2.16. The Morgan fingerprint density at radius 3 is 2.71 bits per heavy atom. The molecule has 0 amide bonds. The van der Waals surface area contributed by atoms with Crippen LogP contribution in [0.1, 0.15) is 29.9 Å². The monoisotopic (exact) mass is 399 g/mol. The maximum Gasteiger partial charge on any atom is 0.247 e. The van der Waals surface area contributed by atoms with Crippen molar-refractivity contribution < 1.29 is 17.6 Å². The molecule has 0 radical (unpaired) electrons. The lowest BCUT2D eigenvalue weighted by molar-refractivity contribution is 0.414. The second kappa shape index (κ2) is 7.73. The van der Waals surface area contributed by atoms with E-state index in [9.17, 15) is 8.42 Å². The molecular weight excluding hydrogens is 378 g/mol. The van der Waals surface area contributed by atoms with Crippen molar-refractivity contribution in [2.24, 2.45) is 0 Å². The van der Waals surface area contributed by atoms with Gasteiger partial charge >= 0.3 is 0 Å². The van der Waals surface area contributed by atoms with E-state index in [4.69, 9.17) is 9.15 Å². The molecule has 1 aliphatic carbocycles. The molecule has 7 nitrogen and oxygen atoms in total. The topological polar surface area (TPSA) is 94.3 Å². The van der Waals surface area contributed by atoms with Gasteiger partial charge in [-0.1, -0.05) is 12.1 Å². The zero-order valence-electron chi connectivity index (χ0n) is 15.5. The molecule has 28 heavy (non-hydrogen) atoms. The molecule has 0 fully saturated rings. The first-order chi connectivity index (χ1) is 13.5. The predicted molar refractivity (Wildman–Crippen MR) is 103 cm³/mol. The molecule has 0 aliphatic heterocycles. The number of hydrogen-bond acceptors (Lipinski definition) is 6. The van der Waals surface area contributed by atoms with Crippen molar-refractivity contribution in [3.8, 4) is 17.2 Å². The van der Waals surface area contributed by atoms with Gasteiger partial charge in [0.2, 0.25) is 21.8 Å². The fourth-order valence-electron chi connectivity index (χ4n) is 3.31. The van der Waals surface area contributed by atoms with Gasteiger partial charge in [0.15, 0.2) is 0 Å². The van der Waals surface area contributed by atoms with Crippen LogP contribution in [0.15, 0.2) is 51.8 Å². The van der Waals surface area contributed by atoms with E-state index < -0.39 is 10.0 Å². The molecule has 0 bridgehead atoms. The maximum absolute atomic E-state index is 12.6. The second-order valence-corrected chi connectivity index (χ2v) is 8.46. The van der Waals surface area contributed by atoms with Gasteiger partial charge < -0.3 is 9.15 Å². The number of aryl methyl sites for hydroxylation is 2. The molecular formula is C20H21N3O4S. The number of hydrogen-bond donors (Lipinski definition) is 1. The number of benzene rings is 2. The van der Waals surface area contributed by atoms with Crippen LogP contribution in [0.25, 0.3) is 11.5 Å². The van der Waals surface area contributed by atoms with Gasteiger partial charge in [0.05, 0.1) is 18.6 Å². The molecule has 8 heteroatoms. The Labute approximate surface area is 163 Å². The lowest BCUT2D eigenvalue weighted by atomic mass is 9.92. The van der Waals surface area contributed by atoms with E-state index >= 15 is 0 Å². The first-order valence-electron chi connectivity index (χ1n) is 9.13.